The standard InChI is InChI=1S/C37H43N5O12/c1-4-7-8-9-26(29(5-2)42(22-44)54-37(50)23-10-13-25(41-51)14-11-23)33(45)38-21-39-35(47)31-17-16-30(53-31)24-12-15-27(32(20-24)52-6-3)34(46)40-28(18-19-43)36(48)49/h10-17,19-20,22,26,28-29H,4-9,18,21H2,1-3H3,(H,38,45)(H,39,47)(H,40,46)(H,48,49). The highest BCUT2D eigenvalue weighted by Crippen LogP contribution is 2.29. The highest BCUT2D eigenvalue weighted by Gasteiger charge is 2.34. The van der Waals surface area contributed by atoms with Gasteiger partial charge in [0.15, 0.2) is 5.76 Å². The zero-order valence-electron chi connectivity index (χ0n) is 30.1. The highest BCUT2D eigenvalue weighted by atomic mass is 16.7. The molecule has 4 amide bonds. The van der Waals surface area contributed by atoms with Crippen LogP contribution in [0.2, 0.25) is 0 Å². The molecule has 3 atom stereocenters. The number of aldehydes is 1. The van der Waals surface area contributed by atoms with Gasteiger partial charge in [-0.1, -0.05) is 39.2 Å². The van der Waals surface area contributed by atoms with Crippen molar-refractivity contribution in [2.45, 2.75) is 71.4 Å². The number of hydroxylamine groups is 2. The van der Waals surface area contributed by atoms with Crippen molar-refractivity contribution in [3.05, 3.63) is 76.4 Å². The predicted octanol–water partition coefficient (Wildman–Crippen LogP) is 4.52. The number of nitrogens with one attached hydrogen (secondary N) is 3. The maximum absolute atomic E-state index is 13.5. The van der Waals surface area contributed by atoms with E-state index in [0.29, 0.717) is 31.1 Å². The average Bonchev–Trinajstić information content (AvgIpc) is 3.67. The second-order valence-corrected chi connectivity index (χ2v) is 11.9. The van der Waals surface area contributed by atoms with E-state index < -0.39 is 54.1 Å². The molecule has 0 spiro atoms. The Morgan fingerprint density at radius 2 is 1.69 bits per heavy atom. The van der Waals surface area contributed by atoms with Gasteiger partial charge in [-0.25, -0.2) is 9.59 Å². The van der Waals surface area contributed by atoms with E-state index in [0.717, 1.165) is 17.9 Å². The van der Waals surface area contributed by atoms with E-state index in [-0.39, 0.29) is 53.8 Å². The van der Waals surface area contributed by atoms with Crippen LogP contribution in [-0.2, 0) is 24.0 Å². The van der Waals surface area contributed by atoms with Crippen LogP contribution in [0.3, 0.4) is 0 Å². The summed E-state index contributed by atoms with van der Waals surface area (Å²) in [6.07, 6.45) is 3.24. The molecule has 54 heavy (non-hydrogen) atoms. The number of ether oxygens (including phenoxy) is 1. The summed E-state index contributed by atoms with van der Waals surface area (Å²) in [6.45, 7) is 5.29. The molecule has 2 aromatic carbocycles. The Labute approximate surface area is 310 Å². The monoisotopic (exact) mass is 749 g/mol. The second kappa shape index (κ2) is 21.2. The van der Waals surface area contributed by atoms with Crippen molar-refractivity contribution in [2.24, 2.45) is 11.1 Å². The van der Waals surface area contributed by atoms with Gasteiger partial charge in [-0.05, 0) is 73.5 Å². The number of nitroso groups, excluding NO2 is 1. The van der Waals surface area contributed by atoms with Gasteiger partial charge in [-0.15, -0.1) is 4.91 Å². The third-order valence-electron chi connectivity index (χ3n) is 8.25. The minimum atomic E-state index is -1.42. The van der Waals surface area contributed by atoms with Gasteiger partial charge in [-0.2, -0.15) is 5.06 Å². The first kappa shape index (κ1) is 42.0. The fourth-order valence-corrected chi connectivity index (χ4v) is 5.47. The van der Waals surface area contributed by atoms with Gasteiger partial charge in [0, 0.05) is 12.0 Å². The summed E-state index contributed by atoms with van der Waals surface area (Å²) in [5, 5.41) is 20.4. The molecule has 3 unspecified atom stereocenters. The fraction of sp³-hybridized carbons (Fsp3) is 0.378. The summed E-state index contributed by atoms with van der Waals surface area (Å²) in [7, 11) is 0. The molecular formula is C37H43N5O12. The molecule has 0 saturated carbocycles. The smallest absolute Gasteiger partial charge is 0.363 e. The van der Waals surface area contributed by atoms with Crippen LogP contribution in [0.1, 0.15) is 90.6 Å². The molecule has 1 aromatic heterocycles. The molecule has 17 nitrogen and oxygen atoms in total. The Bertz CT molecular complexity index is 1790. The maximum Gasteiger partial charge on any atom is 0.363 e. The summed E-state index contributed by atoms with van der Waals surface area (Å²) >= 11 is 0. The van der Waals surface area contributed by atoms with Gasteiger partial charge in [0.2, 0.25) is 12.3 Å². The molecule has 0 aliphatic heterocycles. The first-order valence-electron chi connectivity index (χ1n) is 17.3. The molecule has 288 valence electrons. The zero-order chi connectivity index (χ0) is 39.6. The van der Waals surface area contributed by atoms with Crippen molar-refractivity contribution < 1.29 is 52.7 Å². The lowest BCUT2D eigenvalue weighted by Crippen LogP contribution is -2.49. The number of benzene rings is 2. The molecular weight excluding hydrogens is 706 g/mol. The summed E-state index contributed by atoms with van der Waals surface area (Å²) in [4.78, 5) is 102. The molecule has 0 fully saturated rings. The number of rotatable bonds is 23. The normalized spacial score (nSPS) is 12.3. The Morgan fingerprint density at radius 3 is 2.30 bits per heavy atom. The molecule has 0 aliphatic rings. The molecule has 0 saturated heterocycles. The summed E-state index contributed by atoms with van der Waals surface area (Å²) < 4.78 is 11.3. The minimum absolute atomic E-state index is 0.0221. The first-order chi connectivity index (χ1) is 26.0. The average molecular weight is 750 g/mol. The van der Waals surface area contributed by atoms with E-state index in [9.17, 15) is 43.6 Å². The number of furan rings is 1. The number of unbranched alkanes of at least 4 members (excludes halogenated alkanes) is 2. The number of carbonyl (C=O) groups is 7. The number of amides is 4. The van der Waals surface area contributed by atoms with Crippen molar-refractivity contribution in [2.75, 3.05) is 13.3 Å². The van der Waals surface area contributed by atoms with Crippen LogP contribution in [0.5, 0.6) is 5.75 Å². The summed E-state index contributed by atoms with van der Waals surface area (Å²) in [5.74, 6) is -4.71. The Kier molecular flexibility index (Phi) is 16.5. The third kappa shape index (κ3) is 11.6. The number of nitrogens with zero attached hydrogens (tertiary/aromatic N) is 2. The van der Waals surface area contributed by atoms with Crippen molar-refractivity contribution in [1.29, 1.82) is 0 Å². The Hall–Kier alpha value is -6.39. The van der Waals surface area contributed by atoms with Gasteiger partial charge < -0.3 is 39.8 Å². The lowest BCUT2D eigenvalue weighted by molar-refractivity contribution is -0.171. The van der Waals surface area contributed by atoms with Crippen LogP contribution in [0.15, 0.2) is 64.2 Å². The van der Waals surface area contributed by atoms with E-state index in [4.69, 9.17) is 14.0 Å². The van der Waals surface area contributed by atoms with Crippen LogP contribution in [0, 0.1) is 10.8 Å². The third-order valence-corrected chi connectivity index (χ3v) is 8.25. The molecule has 3 rings (SSSR count). The molecule has 17 heteroatoms. The van der Waals surface area contributed by atoms with Gasteiger partial charge in [0.1, 0.15) is 29.5 Å². The number of carbonyl (C=O) groups excluding carboxylic acids is 6. The number of carboxylic acids is 1. The van der Waals surface area contributed by atoms with E-state index in [1.54, 1.807) is 13.8 Å². The molecule has 0 bridgehead atoms. The van der Waals surface area contributed by atoms with Crippen LogP contribution >= 0.6 is 0 Å². The summed E-state index contributed by atoms with van der Waals surface area (Å²) in [5.41, 5.74) is 0.627. The van der Waals surface area contributed by atoms with Crippen molar-refractivity contribution in [3.63, 3.8) is 0 Å². The van der Waals surface area contributed by atoms with Crippen LogP contribution in [-0.4, -0.2) is 77.9 Å². The molecule has 4 N–H and O–H groups in total. The quantitative estimate of drug-likeness (QED) is 0.0344. The molecule has 0 radical (unpaired) electrons. The van der Waals surface area contributed by atoms with Crippen molar-refractivity contribution in [3.8, 4) is 17.1 Å². The molecule has 3 aromatic rings. The van der Waals surface area contributed by atoms with E-state index in [1.807, 2.05) is 6.92 Å². The summed E-state index contributed by atoms with van der Waals surface area (Å²) in [6, 6.07) is 10.4. The molecule has 1 heterocycles. The highest BCUT2D eigenvalue weighted by molar-refractivity contribution is 6.00. The molecule has 0 aliphatic carbocycles. The fourth-order valence-electron chi connectivity index (χ4n) is 5.47. The largest absolute Gasteiger partial charge is 0.493 e. The van der Waals surface area contributed by atoms with Crippen LogP contribution < -0.4 is 20.7 Å². The number of carboxylic acid groups (broad SMARTS) is 1. The van der Waals surface area contributed by atoms with Crippen molar-refractivity contribution in [1.82, 2.24) is 21.0 Å². The van der Waals surface area contributed by atoms with Crippen LogP contribution in [0.4, 0.5) is 5.69 Å². The number of hydrogen-bond acceptors (Lipinski definition) is 12. The topological polar surface area (TPSA) is 240 Å². The lowest BCUT2D eigenvalue weighted by Gasteiger charge is -2.31. The van der Waals surface area contributed by atoms with Crippen molar-refractivity contribution >= 4 is 48.0 Å². The predicted molar refractivity (Wildman–Crippen MR) is 192 cm³/mol. The zero-order valence-corrected chi connectivity index (χ0v) is 30.1. The number of hydrogen-bond donors (Lipinski definition) is 4. The minimum Gasteiger partial charge on any atom is -0.493 e. The Balaban J connectivity index is 1.69. The van der Waals surface area contributed by atoms with E-state index in [1.165, 1.54) is 54.6 Å². The first-order valence-corrected chi connectivity index (χ1v) is 17.3. The van der Waals surface area contributed by atoms with E-state index in [2.05, 4.69) is 21.1 Å². The van der Waals surface area contributed by atoms with Gasteiger partial charge in [0.05, 0.1) is 36.4 Å². The Morgan fingerprint density at radius 1 is 0.944 bits per heavy atom. The van der Waals surface area contributed by atoms with Crippen LogP contribution in [0.25, 0.3) is 11.3 Å². The van der Waals surface area contributed by atoms with Gasteiger partial charge in [-0.3, -0.25) is 19.2 Å². The second-order valence-electron chi connectivity index (χ2n) is 11.9. The number of aliphatic carboxylic acids is 1. The van der Waals surface area contributed by atoms with Gasteiger partial charge in [0.25, 0.3) is 11.8 Å². The van der Waals surface area contributed by atoms with Gasteiger partial charge >= 0.3 is 11.9 Å². The lowest BCUT2D eigenvalue weighted by atomic mass is 9.90. The maximum atomic E-state index is 13.5. The SMILES string of the molecule is CCCCCC(C(=O)NCNC(=O)c1ccc(-c2ccc(C(=O)NC(CC=O)C(=O)O)c(OCC)c2)o1)C(CC)N(C=O)OC(=O)c1ccc(N=O)cc1. The van der Waals surface area contributed by atoms with E-state index >= 15 is 0 Å².